The fraction of sp³-hybridized carbons (Fsp3) is 0.400. The molecule has 120 valence electrons. The molecule has 0 spiro atoms. The topological polar surface area (TPSA) is 98.6 Å². The number of rotatable bonds is 4. The highest BCUT2D eigenvalue weighted by molar-refractivity contribution is 7.90. The minimum absolute atomic E-state index is 0.103. The first-order chi connectivity index (χ1) is 10.9. The number of hydrogen-bond acceptors (Lipinski definition) is 5. The molecule has 2 aliphatic rings. The Morgan fingerprint density at radius 3 is 2.74 bits per heavy atom. The lowest BCUT2D eigenvalue weighted by atomic mass is 10.1. The van der Waals surface area contributed by atoms with Crippen LogP contribution in [0.3, 0.4) is 0 Å². The summed E-state index contributed by atoms with van der Waals surface area (Å²) in [7, 11) is -2.33. The standard InChI is InChI=1S/C15H15N3O4S/c1-17(8-2-7-16)14(19)10-3-6-12-13(9-10)23(21,22)18(15(12)20)11-4-5-11/h3,6,9,11H,2,4-5,8H2,1H3. The van der Waals surface area contributed by atoms with E-state index in [0.717, 1.165) is 4.31 Å². The third kappa shape index (κ3) is 2.47. The number of nitriles is 1. The molecule has 2 amide bonds. The first kappa shape index (κ1) is 15.5. The molecule has 23 heavy (non-hydrogen) atoms. The summed E-state index contributed by atoms with van der Waals surface area (Å²) in [6, 6.07) is 5.80. The maximum Gasteiger partial charge on any atom is 0.269 e. The Kier molecular flexibility index (Phi) is 3.60. The van der Waals surface area contributed by atoms with Gasteiger partial charge in [-0.2, -0.15) is 5.26 Å². The summed E-state index contributed by atoms with van der Waals surface area (Å²) >= 11 is 0. The van der Waals surface area contributed by atoms with Crippen molar-refractivity contribution in [2.45, 2.75) is 30.2 Å². The summed E-state index contributed by atoms with van der Waals surface area (Å²) in [4.78, 5) is 25.8. The Morgan fingerprint density at radius 1 is 1.43 bits per heavy atom. The fourth-order valence-corrected chi connectivity index (χ4v) is 4.43. The van der Waals surface area contributed by atoms with Crippen LogP contribution in [-0.4, -0.2) is 49.1 Å². The van der Waals surface area contributed by atoms with Gasteiger partial charge in [0.2, 0.25) is 0 Å². The predicted molar refractivity (Wildman–Crippen MR) is 80.0 cm³/mol. The van der Waals surface area contributed by atoms with Gasteiger partial charge in [-0.3, -0.25) is 9.59 Å². The van der Waals surface area contributed by atoms with E-state index in [9.17, 15) is 18.0 Å². The van der Waals surface area contributed by atoms with Gasteiger partial charge in [0.05, 0.1) is 18.1 Å². The zero-order valence-electron chi connectivity index (χ0n) is 12.5. The fourth-order valence-electron chi connectivity index (χ4n) is 2.59. The summed E-state index contributed by atoms with van der Waals surface area (Å²) in [6.07, 6.45) is 1.56. The molecule has 0 unspecified atom stereocenters. The quantitative estimate of drug-likeness (QED) is 0.818. The van der Waals surface area contributed by atoms with E-state index in [1.807, 2.05) is 6.07 Å². The number of amides is 2. The predicted octanol–water partition coefficient (Wildman–Crippen LogP) is 0.979. The number of fused-ring (bicyclic) bond motifs is 1. The van der Waals surface area contributed by atoms with E-state index in [4.69, 9.17) is 5.26 Å². The summed E-state index contributed by atoms with van der Waals surface area (Å²) in [5.41, 5.74) is 0.311. The SMILES string of the molecule is CN(CCC#N)C(=O)c1ccc2c(c1)S(=O)(=O)N(C1CC1)C2=O. The van der Waals surface area contributed by atoms with Crippen molar-refractivity contribution in [2.24, 2.45) is 0 Å². The van der Waals surface area contributed by atoms with E-state index < -0.39 is 15.9 Å². The second-order valence-electron chi connectivity index (χ2n) is 5.68. The van der Waals surface area contributed by atoms with E-state index in [1.165, 1.54) is 23.1 Å². The van der Waals surface area contributed by atoms with Crippen molar-refractivity contribution in [1.29, 1.82) is 5.26 Å². The Hall–Kier alpha value is -2.40. The van der Waals surface area contributed by atoms with E-state index in [2.05, 4.69) is 0 Å². The molecule has 1 aromatic carbocycles. The van der Waals surface area contributed by atoms with Crippen molar-refractivity contribution in [2.75, 3.05) is 13.6 Å². The Labute approximate surface area is 134 Å². The van der Waals surface area contributed by atoms with Crippen LogP contribution in [0, 0.1) is 11.3 Å². The summed E-state index contributed by atoms with van der Waals surface area (Å²) in [5, 5.41) is 8.57. The van der Waals surface area contributed by atoms with Crippen molar-refractivity contribution in [1.82, 2.24) is 9.21 Å². The largest absolute Gasteiger partial charge is 0.341 e. The molecule has 1 heterocycles. The highest BCUT2D eigenvalue weighted by Gasteiger charge is 2.48. The van der Waals surface area contributed by atoms with Crippen molar-refractivity contribution >= 4 is 21.8 Å². The van der Waals surface area contributed by atoms with Gasteiger partial charge in [-0.25, -0.2) is 12.7 Å². The molecule has 1 saturated carbocycles. The molecule has 8 heteroatoms. The van der Waals surface area contributed by atoms with Crippen molar-refractivity contribution in [3.63, 3.8) is 0 Å². The van der Waals surface area contributed by atoms with Crippen LogP contribution >= 0.6 is 0 Å². The van der Waals surface area contributed by atoms with Gasteiger partial charge in [0.15, 0.2) is 0 Å². The average Bonchev–Trinajstić information content (AvgIpc) is 3.32. The highest BCUT2D eigenvalue weighted by atomic mass is 32.2. The molecule has 3 rings (SSSR count). The zero-order chi connectivity index (χ0) is 16.8. The van der Waals surface area contributed by atoms with Crippen LogP contribution in [0.5, 0.6) is 0 Å². The Morgan fingerprint density at radius 2 is 2.13 bits per heavy atom. The van der Waals surface area contributed by atoms with Gasteiger partial charge in [0.1, 0.15) is 4.90 Å². The molecule has 1 aromatic rings. The molecule has 1 aliphatic heterocycles. The molecule has 0 atom stereocenters. The molecule has 0 saturated heterocycles. The van der Waals surface area contributed by atoms with Crippen LogP contribution in [0.25, 0.3) is 0 Å². The summed E-state index contributed by atoms with van der Waals surface area (Å²) in [5.74, 6) is -0.894. The van der Waals surface area contributed by atoms with Crippen LogP contribution in [0.1, 0.15) is 40.0 Å². The number of carbonyl (C=O) groups excluding carboxylic acids is 2. The van der Waals surface area contributed by atoms with Crippen LogP contribution in [-0.2, 0) is 10.0 Å². The molecule has 0 bridgehead atoms. The van der Waals surface area contributed by atoms with Gasteiger partial charge in [0.25, 0.3) is 21.8 Å². The highest BCUT2D eigenvalue weighted by Crippen LogP contribution is 2.39. The minimum atomic E-state index is -3.87. The molecular weight excluding hydrogens is 318 g/mol. The van der Waals surface area contributed by atoms with Crippen molar-refractivity contribution < 1.29 is 18.0 Å². The van der Waals surface area contributed by atoms with Crippen molar-refractivity contribution in [3.8, 4) is 6.07 Å². The molecule has 7 nitrogen and oxygen atoms in total. The van der Waals surface area contributed by atoms with E-state index in [0.29, 0.717) is 12.8 Å². The van der Waals surface area contributed by atoms with Gasteiger partial charge in [-0.1, -0.05) is 0 Å². The van der Waals surface area contributed by atoms with Gasteiger partial charge < -0.3 is 4.90 Å². The molecule has 1 aliphatic carbocycles. The van der Waals surface area contributed by atoms with E-state index in [1.54, 1.807) is 7.05 Å². The third-order valence-corrected chi connectivity index (χ3v) is 5.86. The van der Waals surface area contributed by atoms with Gasteiger partial charge in [-0.05, 0) is 31.0 Å². The van der Waals surface area contributed by atoms with Crippen LogP contribution in [0.15, 0.2) is 23.1 Å². The number of benzene rings is 1. The molecule has 0 aromatic heterocycles. The Balaban J connectivity index is 1.95. The zero-order valence-corrected chi connectivity index (χ0v) is 13.3. The third-order valence-electron chi connectivity index (χ3n) is 3.98. The van der Waals surface area contributed by atoms with Gasteiger partial charge in [-0.15, -0.1) is 0 Å². The van der Waals surface area contributed by atoms with Crippen LogP contribution < -0.4 is 0 Å². The smallest absolute Gasteiger partial charge is 0.269 e. The first-order valence-electron chi connectivity index (χ1n) is 7.23. The molecular formula is C15H15N3O4S. The molecule has 0 N–H and O–H groups in total. The minimum Gasteiger partial charge on any atom is -0.341 e. The monoisotopic (exact) mass is 333 g/mol. The number of hydrogen-bond donors (Lipinski definition) is 0. The second kappa shape index (κ2) is 5.35. The molecule has 0 radical (unpaired) electrons. The second-order valence-corrected chi connectivity index (χ2v) is 7.47. The number of nitrogens with zero attached hydrogens (tertiary/aromatic N) is 3. The van der Waals surface area contributed by atoms with E-state index >= 15 is 0 Å². The maximum atomic E-state index is 12.5. The van der Waals surface area contributed by atoms with Crippen LogP contribution in [0.2, 0.25) is 0 Å². The van der Waals surface area contributed by atoms with E-state index in [-0.39, 0.29) is 40.9 Å². The maximum absolute atomic E-state index is 12.5. The van der Waals surface area contributed by atoms with Gasteiger partial charge in [0, 0.05) is 25.2 Å². The average molecular weight is 333 g/mol. The normalized spacial score (nSPS) is 18.4. The van der Waals surface area contributed by atoms with Crippen molar-refractivity contribution in [3.05, 3.63) is 29.3 Å². The lowest BCUT2D eigenvalue weighted by Crippen LogP contribution is -2.32. The summed E-state index contributed by atoms with van der Waals surface area (Å²) in [6.45, 7) is 0.256. The Bertz CT molecular complexity index is 837. The van der Waals surface area contributed by atoms with Gasteiger partial charge >= 0.3 is 0 Å². The summed E-state index contributed by atoms with van der Waals surface area (Å²) < 4.78 is 26.0. The lowest BCUT2D eigenvalue weighted by Gasteiger charge is -2.15. The number of sulfonamides is 1. The lowest BCUT2D eigenvalue weighted by molar-refractivity contribution is 0.0796. The number of carbonyl (C=O) groups is 2. The van der Waals surface area contributed by atoms with Crippen LogP contribution in [0.4, 0.5) is 0 Å². The first-order valence-corrected chi connectivity index (χ1v) is 8.67. The molecule has 1 fully saturated rings.